The van der Waals surface area contributed by atoms with E-state index in [9.17, 15) is 22.8 Å². The fourth-order valence-electron chi connectivity index (χ4n) is 3.16. The topological polar surface area (TPSA) is 119 Å². The van der Waals surface area contributed by atoms with Crippen molar-refractivity contribution in [1.29, 1.82) is 0 Å². The lowest BCUT2D eigenvalue weighted by molar-refractivity contribution is -0.114. The summed E-state index contributed by atoms with van der Waals surface area (Å²) in [4.78, 5) is 37.5. The number of amides is 2. The van der Waals surface area contributed by atoms with Gasteiger partial charge in [-0.25, -0.2) is 13.2 Å². The first-order valence-electron chi connectivity index (χ1n) is 9.94. The van der Waals surface area contributed by atoms with Gasteiger partial charge in [0.1, 0.15) is 5.00 Å². The van der Waals surface area contributed by atoms with E-state index in [1.54, 1.807) is 19.1 Å². The average molecular weight is 497 g/mol. The maximum atomic E-state index is 12.5. The minimum Gasteiger partial charge on any atom is -0.462 e. The van der Waals surface area contributed by atoms with E-state index in [0.717, 1.165) is 28.7 Å². The van der Waals surface area contributed by atoms with E-state index in [1.807, 2.05) is 19.1 Å². The Morgan fingerprint density at radius 3 is 2.41 bits per heavy atom. The van der Waals surface area contributed by atoms with Crippen LogP contribution in [0.3, 0.4) is 0 Å². The molecular formula is C21H24N2O6S3. The molecule has 1 aliphatic rings. The van der Waals surface area contributed by atoms with Gasteiger partial charge in [-0.15, -0.1) is 23.1 Å². The van der Waals surface area contributed by atoms with Crippen LogP contribution in [0.5, 0.6) is 0 Å². The number of rotatable bonds is 8. The minimum absolute atomic E-state index is 0.00441. The van der Waals surface area contributed by atoms with Crippen LogP contribution in [-0.4, -0.2) is 50.1 Å². The third-order valence-corrected chi connectivity index (χ3v) is 8.46. The maximum absolute atomic E-state index is 12.5. The molecule has 1 aromatic carbocycles. The first-order chi connectivity index (χ1) is 15.2. The van der Waals surface area contributed by atoms with Gasteiger partial charge in [0.25, 0.3) is 0 Å². The van der Waals surface area contributed by atoms with Crippen LogP contribution in [0.1, 0.15) is 33.3 Å². The van der Waals surface area contributed by atoms with Crippen LogP contribution in [0, 0.1) is 6.92 Å². The van der Waals surface area contributed by atoms with Crippen LogP contribution < -0.4 is 10.6 Å². The van der Waals surface area contributed by atoms with E-state index < -0.39 is 15.8 Å². The lowest BCUT2D eigenvalue weighted by atomic mass is 10.1. The van der Waals surface area contributed by atoms with Crippen molar-refractivity contribution >= 4 is 61.4 Å². The quantitative estimate of drug-likeness (QED) is 0.539. The van der Waals surface area contributed by atoms with Gasteiger partial charge in [0.05, 0.1) is 35.2 Å². The zero-order valence-electron chi connectivity index (χ0n) is 17.7. The maximum Gasteiger partial charge on any atom is 0.341 e. The van der Waals surface area contributed by atoms with Gasteiger partial charge in [-0.05, 0) is 38.0 Å². The van der Waals surface area contributed by atoms with Crippen molar-refractivity contribution < 1.29 is 27.5 Å². The Morgan fingerprint density at radius 1 is 1.09 bits per heavy atom. The molecule has 0 spiro atoms. The Hall–Kier alpha value is -2.37. The van der Waals surface area contributed by atoms with Crippen LogP contribution in [-0.2, 0) is 36.3 Å². The van der Waals surface area contributed by atoms with Crippen molar-refractivity contribution in [1.82, 2.24) is 0 Å². The molecule has 0 atom stereocenters. The molecule has 32 heavy (non-hydrogen) atoms. The molecule has 2 amide bonds. The van der Waals surface area contributed by atoms with Gasteiger partial charge >= 0.3 is 5.97 Å². The highest BCUT2D eigenvalue weighted by molar-refractivity contribution is 8.00. The number of benzene rings is 1. The number of fused-ring (bicyclic) bond motifs is 1. The number of sulfone groups is 1. The van der Waals surface area contributed by atoms with E-state index in [-0.39, 0.29) is 53.4 Å². The Bertz CT molecular complexity index is 1120. The first-order valence-corrected chi connectivity index (χ1v) is 13.7. The van der Waals surface area contributed by atoms with Crippen LogP contribution in [0.4, 0.5) is 10.7 Å². The molecule has 3 rings (SSSR count). The number of esters is 1. The highest BCUT2D eigenvalue weighted by Crippen LogP contribution is 2.38. The molecule has 2 heterocycles. The van der Waals surface area contributed by atoms with Crippen LogP contribution >= 0.6 is 23.1 Å². The normalized spacial score (nSPS) is 14.3. The number of aryl methyl sites for hydroxylation is 1. The number of nitrogens with one attached hydrogen (secondary N) is 2. The second-order valence-electron chi connectivity index (χ2n) is 7.23. The number of carbonyl (C=O) groups is 3. The van der Waals surface area contributed by atoms with Crippen molar-refractivity contribution in [3.8, 4) is 0 Å². The average Bonchev–Trinajstić information content (AvgIpc) is 3.05. The molecule has 0 bridgehead atoms. The highest BCUT2D eigenvalue weighted by Gasteiger charge is 2.32. The van der Waals surface area contributed by atoms with E-state index in [2.05, 4.69) is 10.6 Å². The number of anilines is 2. The molecule has 2 N–H and O–H groups in total. The Labute approximate surface area is 195 Å². The van der Waals surface area contributed by atoms with Crippen molar-refractivity contribution in [3.63, 3.8) is 0 Å². The zero-order valence-corrected chi connectivity index (χ0v) is 20.2. The summed E-state index contributed by atoms with van der Waals surface area (Å²) in [5.74, 6) is -1.29. The minimum atomic E-state index is -3.22. The zero-order chi connectivity index (χ0) is 23.3. The lowest BCUT2D eigenvalue weighted by Gasteiger charge is -2.13. The van der Waals surface area contributed by atoms with E-state index in [0.29, 0.717) is 21.1 Å². The van der Waals surface area contributed by atoms with Gasteiger partial charge < -0.3 is 15.4 Å². The summed E-state index contributed by atoms with van der Waals surface area (Å²) in [7, 11) is -3.22. The van der Waals surface area contributed by atoms with Crippen molar-refractivity contribution in [3.05, 3.63) is 45.8 Å². The molecule has 8 nitrogen and oxygen atoms in total. The molecule has 11 heteroatoms. The summed E-state index contributed by atoms with van der Waals surface area (Å²) in [5, 5.41) is 5.75. The second kappa shape index (κ2) is 10.5. The lowest BCUT2D eigenvalue weighted by Crippen LogP contribution is -2.21. The summed E-state index contributed by atoms with van der Waals surface area (Å²) < 4.78 is 29.0. The van der Waals surface area contributed by atoms with Crippen LogP contribution in [0.2, 0.25) is 0 Å². The van der Waals surface area contributed by atoms with Crippen LogP contribution in [0.25, 0.3) is 0 Å². The standard InChI is InChI=1S/C21H24N2O6S3/c1-3-29-21(26)19-15-8-9-32(27,28)12-16(15)31-20(19)23-18(25)11-30-10-17(24)22-14-6-4-13(2)5-7-14/h4-7H,3,8-12H2,1-2H3,(H,22,24)(H,23,25). The molecule has 1 aliphatic heterocycles. The van der Waals surface area contributed by atoms with E-state index in [4.69, 9.17) is 4.74 Å². The monoisotopic (exact) mass is 496 g/mol. The van der Waals surface area contributed by atoms with Gasteiger partial charge in [-0.1, -0.05) is 17.7 Å². The number of hydrogen-bond acceptors (Lipinski definition) is 8. The molecule has 0 saturated carbocycles. The highest BCUT2D eigenvalue weighted by atomic mass is 32.2. The predicted molar refractivity (Wildman–Crippen MR) is 127 cm³/mol. The third-order valence-electron chi connectivity index (χ3n) is 4.64. The van der Waals surface area contributed by atoms with Gasteiger partial charge in [0.2, 0.25) is 11.8 Å². The van der Waals surface area contributed by atoms with Crippen LogP contribution in [0.15, 0.2) is 24.3 Å². The van der Waals surface area contributed by atoms with Crippen molar-refractivity contribution in [2.24, 2.45) is 0 Å². The first kappa shape index (κ1) is 24.3. The van der Waals surface area contributed by atoms with Gasteiger partial charge in [0.15, 0.2) is 9.84 Å². The number of ether oxygens (including phenoxy) is 1. The van der Waals surface area contributed by atoms with Crippen molar-refractivity contribution in [2.75, 3.05) is 34.5 Å². The summed E-state index contributed by atoms with van der Waals surface area (Å²) in [6, 6.07) is 7.40. The molecule has 1 aromatic heterocycles. The molecule has 0 aliphatic carbocycles. The number of thioether (sulfide) groups is 1. The molecule has 0 fully saturated rings. The molecule has 0 radical (unpaired) electrons. The van der Waals surface area contributed by atoms with Crippen molar-refractivity contribution in [2.45, 2.75) is 26.0 Å². The van der Waals surface area contributed by atoms with Gasteiger partial charge in [0, 0.05) is 10.6 Å². The fraction of sp³-hybridized carbons (Fsp3) is 0.381. The largest absolute Gasteiger partial charge is 0.462 e. The summed E-state index contributed by atoms with van der Waals surface area (Å²) in [5.41, 5.74) is 2.63. The number of hydrogen-bond donors (Lipinski definition) is 2. The molecule has 0 saturated heterocycles. The molecule has 172 valence electrons. The third kappa shape index (κ3) is 6.33. The Morgan fingerprint density at radius 2 is 1.75 bits per heavy atom. The Kier molecular flexibility index (Phi) is 7.96. The smallest absolute Gasteiger partial charge is 0.341 e. The summed E-state index contributed by atoms with van der Waals surface area (Å²) in [6.07, 6.45) is 0.214. The van der Waals surface area contributed by atoms with Gasteiger partial charge in [-0.3, -0.25) is 9.59 Å². The predicted octanol–water partition coefficient (Wildman–Crippen LogP) is 3.01. The fourth-order valence-corrected chi connectivity index (χ4v) is 6.83. The van der Waals surface area contributed by atoms with Gasteiger partial charge in [-0.2, -0.15) is 0 Å². The van der Waals surface area contributed by atoms with E-state index >= 15 is 0 Å². The second-order valence-corrected chi connectivity index (χ2v) is 11.5. The number of carbonyl (C=O) groups excluding carboxylic acids is 3. The Balaban J connectivity index is 1.60. The SMILES string of the molecule is CCOC(=O)c1c(NC(=O)CSCC(=O)Nc2ccc(C)cc2)sc2c1CCS(=O)(=O)C2. The molecular weight excluding hydrogens is 472 g/mol. The molecule has 2 aromatic rings. The summed E-state index contributed by atoms with van der Waals surface area (Å²) in [6.45, 7) is 3.80. The number of thiophene rings is 1. The van der Waals surface area contributed by atoms with E-state index in [1.165, 1.54) is 0 Å². The molecule has 0 unspecified atom stereocenters. The summed E-state index contributed by atoms with van der Waals surface area (Å²) >= 11 is 2.23.